The maximum atomic E-state index is 11.8. The molecule has 1 heterocycles. The summed E-state index contributed by atoms with van der Waals surface area (Å²) in [6.07, 6.45) is 0.244. The Hall–Kier alpha value is -1.20. The van der Waals surface area contributed by atoms with Gasteiger partial charge in [-0.05, 0) is 24.6 Å². The van der Waals surface area contributed by atoms with Gasteiger partial charge in [-0.1, -0.05) is 28.1 Å². The van der Waals surface area contributed by atoms with Crippen LogP contribution in [0.5, 0.6) is 0 Å². The molecule has 2 atom stereocenters. The van der Waals surface area contributed by atoms with Crippen molar-refractivity contribution in [3.8, 4) is 0 Å². The number of amides is 2. The highest BCUT2D eigenvalue weighted by Crippen LogP contribution is 2.20. The summed E-state index contributed by atoms with van der Waals surface area (Å²) in [6, 6.07) is 7.52. The summed E-state index contributed by atoms with van der Waals surface area (Å²) in [6.45, 7) is 1.98. The summed E-state index contributed by atoms with van der Waals surface area (Å²) in [5.74, 6) is -0.277. The Labute approximate surface area is 114 Å². The molecule has 1 aliphatic heterocycles. The molecule has 1 aromatic rings. The highest BCUT2D eigenvalue weighted by atomic mass is 79.9. The summed E-state index contributed by atoms with van der Waals surface area (Å²) >= 11 is 3.42. The van der Waals surface area contributed by atoms with E-state index in [1.165, 1.54) is 11.9 Å². The number of imide groups is 1. The van der Waals surface area contributed by atoms with Gasteiger partial charge in [-0.2, -0.15) is 0 Å². The number of carbonyl (C=O) groups is 2. The van der Waals surface area contributed by atoms with Crippen LogP contribution < -0.4 is 5.32 Å². The monoisotopic (exact) mass is 310 g/mol. The lowest BCUT2D eigenvalue weighted by Crippen LogP contribution is -2.38. The molecule has 18 heavy (non-hydrogen) atoms. The average Bonchev–Trinajstić information content (AvgIpc) is 2.57. The Bertz CT molecular complexity index is 490. The van der Waals surface area contributed by atoms with Gasteiger partial charge in [0.05, 0.1) is 12.5 Å². The summed E-state index contributed by atoms with van der Waals surface area (Å²) in [4.78, 5) is 24.4. The number of nitrogens with zero attached hydrogens (tertiary/aromatic N) is 1. The predicted molar refractivity (Wildman–Crippen MR) is 71.9 cm³/mol. The fraction of sp³-hybridized carbons (Fsp3) is 0.385. The minimum absolute atomic E-state index is 0.0238. The number of hydrogen-bond donors (Lipinski definition) is 1. The number of halogens is 1. The van der Waals surface area contributed by atoms with Gasteiger partial charge in [0, 0.05) is 17.6 Å². The van der Waals surface area contributed by atoms with Crippen LogP contribution in [0.15, 0.2) is 28.7 Å². The molecule has 0 bridgehead atoms. The van der Waals surface area contributed by atoms with Crippen LogP contribution in [0.1, 0.15) is 24.9 Å². The first kappa shape index (κ1) is 13.2. The van der Waals surface area contributed by atoms with E-state index >= 15 is 0 Å². The van der Waals surface area contributed by atoms with Gasteiger partial charge < -0.3 is 0 Å². The van der Waals surface area contributed by atoms with Crippen molar-refractivity contribution in [3.63, 3.8) is 0 Å². The molecule has 1 saturated heterocycles. The molecule has 0 aliphatic carbocycles. The number of hydrogen-bond acceptors (Lipinski definition) is 3. The molecule has 4 nitrogen and oxygen atoms in total. The van der Waals surface area contributed by atoms with Crippen LogP contribution in [-0.4, -0.2) is 29.8 Å². The molecule has 96 valence electrons. The van der Waals surface area contributed by atoms with Gasteiger partial charge in [-0.25, -0.2) is 0 Å². The van der Waals surface area contributed by atoms with Gasteiger partial charge in [0.1, 0.15) is 0 Å². The van der Waals surface area contributed by atoms with E-state index < -0.39 is 6.04 Å². The molecular weight excluding hydrogens is 296 g/mol. The number of nitrogens with one attached hydrogen (secondary N) is 1. The van der Waals surface area contributed by atoms with E-state index in [1.54, 1.807) is 0 Å². The van der Waals surface area contributed by atoms with E-state index in [9.17, 15) is 9.59 Å². The summed E-state index contributed by atoms with van der Waals surface area (Å²) in [5, 5.41) is 3.20. The largest absolute Gasteiger partial charge is 0.299 e. The smallest absolute Gasteiger partial charge is 0.246 e. The average molecular weight is 311 g/mol. The van der Waals surface area contributed by atoms with Crippen molar-refractivity contribution < 1.29 is 9.59 Å². The minimum Gasteiger partial charge on any atom is -0.299 e. The zero-order valence-corrected chi connectivity index (χ0v) is 11.9. The van der Waals surface area contributed by atoms with Crippen LogP contribution >= 0.6 is 15.9 Å². The molecule has 1 N–H and O–H groups in total. The number of likely N-dealkylation sites (tertiary alicyclic amines) is 1. The zero-order chi connectivity index (χ0) is 13.3. The van der Waals surface area contributed by atoms with E-state index in [1.807, 2.05) is 31.2 Å². The van der Waals surface area contributed by atoms with Crippen LogP contribution in [-0.2, 0) is 9.59 Å². The van der Waals surface area contributed by atoms with Crippen molar-refractivity contribution in [2.75, 3.05) is 7.05 Å². The first-order chi connectivity index (χ1) is 8.49. The Kier molecular flexibility index (Phi) is 3.82. The van der Waals surface area contributed by atoms with Crippen molar-refractivity contribution in [1.29, 1.82) is 0 Å². The van der Waals surface area contributed by atoms with Crippen molar-refractivity contribution in [2.45, 2.75) is 25.4 Å². The topological polar surface area (TPSA) is 49.4 Å². The number of likely N-dealkylation sites (N-methyl/N-ethyl adjacent to an activating group) is 1. The van der Waals surface area contributed by atoms with Crippen molar-refractivity contribution in [1.82, 2.24) is 10.2 Å². The maximum absolute atomic E-state index is 11.8. The van der Waals surface area contributed by atoms with Crippen molar-refractivity contribution >= 4 is 27.7 Å². The minimum atomic E-state index is -0.406. The first-order valence-corrected chi connectivity index (χ1v) is 6.60. The van der Waals surface area contributed by atoms with Crippen molar-refractivity contribution in [3.05, 3.63) is 34.3 Å². The zero-order valence-electron chi connectivity index (χ0n) is 10.3. The fourth-order valence-corrected chi connectivity index (χ4v) is 2.48. The van der Waals surface area contributed by atoms with E-state index in [-0.39, 0.29) is 24.3 Å². The van der Waals surface area contributed by atoms with Gasteiger partial charge in [0.25, 0.3) is 0 Å². The molecular formula is C13H15BrN2O2. The van der Waals surface area contributed by atoms with Crippen LogP contribution in [0.25, 0.3) is 0 Å². The highest BCUT2D eigenvalue weighted by molar-refractivity contribution is 9.10. The van der Waals surface area contributed by atoms with Crippen LogP contribution in [0, 0.1) is 0 Å². The van der Waals surface area contributed by atoms with Crippen LogP contribution in [0.3, 0.4) is 0 Å². The Balaban J connectivity index is 2.06. The Morgan fingerprint density at radius 3 is 2.72 bits per heavy atom. The summed E-state index contributed by atoms with van der Waals surface area (Å²) < 4.78 is 1.000. The standard InChI is InChI=1S/C13H15BrN2O2/c1-8(9-4-3-5-10(14)6-9)15-11-7-12(17)16(2)13(11)18/h3-6,8,11,15H,7H2,1-2H3. The van der Waals surface area contributed by atoms with Gasteiger partial charge in [0.15, 0.2) is 0 Å². The summed E-state index contributed by atoms with van der Waals surface area (Å²) in [5.41, 5.74) is 1.08. The third-order valence-electron chi connectivity index (χ3n) is 3.18. The second-order valence-corrected chi connectivity index (χ2v) is 5.41. The third kappa shape index (κ3) is 2.62. The lowest BCUT2D eigenvalue weighted by molar-refractivity contribution is -0.137. The van der Waals surface area contributed by atoms with E-state index in [0.717, 1.165) is 10.0 Å². The third-order valence-corrected chi connectivity index (χ3v) is 3.67. The Morgan fingerprint density at radius 2 is 2.17 bits per heavy atom. The molecule has 0 radical (unpaired) electrons. The lowest BCUT2D eigenvalue weighted by Gasteiger charge is -2.18. The second-order valence-electron chi connectivity index (χ2n) is 4.49. The number of carbonyl (C=O) groups excluding carboxylic acids is 2. The maximum Gasteiger partial charge on any atom is 0.246 e. The van der Waals surface area contributed by atoms with Gasteiger partial charge in [-0.3, -0.25) is 19.8 Å². The second kappa shape index (κ2) is 5.20. The molecule has 2 unspecified atom stereocenters. The number of benzene rings is 1. The SMILES string of the molecule is CC(NC1CC(=O)N(C)C1=O)c1cccc(Br)c1. The predicted octanol–water partition coefficient (Wildman–Crippen LogP) is 1.86. The van der Waals surface area contributed by atoms with Crippen LogP contribution in [0.4, 0.5) is 0 Å². The number of rotatable bonds is 3. The molecule has 1 fully saturated rings. The molecule has 1 aromatic carbocycles. The normalized spacial score (nSPS) is 21.5. The Morgan fingerprint density at radius 1 is 1.44 bits per heavy atom. The lowest BCUT2D eigenvalue weighted by atomic mass is 10.1. The molecule has 2 rings (SSSR count). The highest BCUT2D eigenvalue weighted by Gasteiger charge is 2.36. The van der Waals surface area contributed by atoms with Gasteiger partial charge in [0.2, 0.25) is 11.8 Å². The van der Waals surface area contributed by atoms with Crippen molar-refractivity contribution in [2.24, 2.45) is 0 Å². The van der Waals surface area contributed by atoms with Gasteiger partial charge >= 0.3 is 0 Å². The quantitative estimate of drug-likeness (QED) is 0.867. The molecule has 0 spiro atoms. The molecule has 5 heteroatoms. The summed E-state index contributed by atoms with van der Waals surface area (Å²) in [7, 11) is 1.52. The fourth-order valence-electron chi connectivity index (χ4n) is 2.06. The first-order valence-electron chi connectivity index (χ1n) is 5.81. The molecule has 2 amide bonds. The van der Waals surface area contributed by atoms with E-state index in [0.29, 0.717) is 0 Å². The molecule has 0 aromatic heterocycles. The molecule has 1 aliphatic rings. The van der Waals surface area contributed by atoms with E-state index in [4.69, 9.17) is 0 Å². The van der Waals surface area contributed by atoms with Crippen LogP contribution in [0.2, 0.25) is 0 Å². The molecule has 0 saturated carbocycles. The van der Waals surface area contributed by atoms with Gasteiger partial charge in [-0.15, -0.1) is 0 Å². The van der Waals surface area contributed by atoms with E-state index in [2.05, 4.69) is 21.2 Å².